The second kappa shape index (κ2) is 8.97. The monoisotopic (exact) mass is 361 g/mol. The van der Waals surface area contributed by atoms with Crippen LogP contribution in [0.2, 0.25) is 0 Å². The largest absolute Gasteiger partial charge is 0.550 e. The normalized spacial score (nSPS) is 14.5. The van der Waals surface area contributed by atoms with Crippen LogP contribution in [-0.4, -0.2) is 48.6 Å². The summed E-state index contributed by atoms with van der Waals surface area (Å²) in [5.74, 6) is -1.35. The first-order valence-corrected chi connectivity index (χ1v) is 7.79. The summed E-state index contributed by atoms with van der Waals surface area (Å²) >= 11 is 0. The van der Waals surface area contributed by atoms with E-state index < -0.39 is 24.6 Å². The number of aliphatic carboxylic acids is 1. The van der Waals surface area contributed by atoms with Crippen LogP contribution in [0, 0.1) is 5.82 Å². The number of carboxylic acid groups (broad SMARTS) is 1. The fourth-order valence-corrected chi connectivity index (χ4v) is 2.25. The van der Waals surface area contributed by atoms with Crippen LogP contribution in [0.1, 0.15) is 24.2 Å². The molecule has 2 atom stereocenters. The minimum absolute atomic E-state index is 0.161. The lowest BCUT2D eigenvalue weighted by Gasteiger charge is -2.13. The molecular weight excluding hydrogens is 343 g/mol. The highest BCUT2D eigenvalue weighted by molar-refractivity contribution is 5.84. The van der Waals surface area contributed by atoms with E-state index in [0.29, 0.717) is 17.0 Å². The van der Waals surface area contributed by atoms with Gasteiger partial charge in [-0.05, 0) is 34.2 Å². The van der Waals surface area contributed by atoms with E-state index in [9.17, 15) is 24.5 Å². The number of aromatic nitrogens is 4. The summed E-state index contributed by atoms with van der Waals surface area (Å²) in [4.78, 5) is 10.4. The van der Waals surface area contributed by atoms with Gasteiger partial charge in [0.2, 0.25) is 0 Å². The molecule has 0 aliphatic rings. The van der Waals surface area contributed by atoms with Gasteiger partial charge in [-0.3, -0.25) is 0 Å². The van der Waals surface area contributed by atoms with Crippen LogP contribution in [0.15, 0.2) is 36.4 Å². The van der Waals surface area contributed by atoms with Gasteiger partial charge < -0.3 is 20.1 Å². The Labute approximate surface area is 148 Å². The van der Waals surface area contributed by atoms with Crippen molar-refractivity contribution in [2.45, 2.75) is 25.0 Å². The third-order valence-corrected chi connectivity index (χ3v) is 3.48. The molecule has 1 heterocycles. The summed E-state index contributed by atoms with van der Waals surface area (Å²) in [5.41, 5.74) is 1.23. The summed E-state index contributed by atoms with van der Waals surface area (Å²) in [5, 5.41) is 41.2. The number of allylic oxidation sites excluding steroid dienone is 2. The molecule has 2 N–H and O–H groups in total. The van der Waals surface area contributed by atoms with Crippen molar-refractivity contribution >= 4 is 17.6 Å². The summed E-state index contributed by atoms with van der Waals surface area (Å²) in [6.45, 7) is 0. The van der Waals surface area contributed by atoms with E-state index in [2.05, 4.69) is 15.5 Å². The number of carbonyl (C=O) groups excluding carboxylic acids is 1. The van der Waals surface area contributed by atoms with Crippen molar-refractivity contribution < 1.29 is 24.5 Å². The number of aryl methyl sites for hydroxylation is 1. The maximum absolute atomic E-state index is 13.1. The molecule has 8 nitrogen and oxygen atoms in total. The van der Waals surface area contributed by atoms with Gasteiger partial charge in [-0.25, -0.2) is 9.07 Å². The zero-order valence-corrected chi connectivity index (χ0v) is 14.0. The van der Waals surface area contributed by atoms with E-state index >= 15 is 0 Å². The number of rotatable bonds is 8. The lowest BCUT2D eigenvalue weighted by atomic mass is 10.1. The maximum Gasteiger partial charge on any atom is 0.181 e. The first-order valence-electron chi connectivity index (χ1n) is 7.79. The highest BCUT2D eigenvalue weighted by atomic mass is 19.1. The van der Waals surface area contributed by atoms with Crippen molar-refractivity contribution in [3.63, 3.8) is 0 Å². The molecule has 1 aromatic heterocycles. The lowest BCUT2D eigenvalue weighted by Crippen LogP contribution is -2.29. The number of benzene rings is 1. The molecule has 26 heavy (non-hydrogen) atoms. The number of carbonyl (C=O) groups is 1. The SMILES string of the molecule is Cn1nnnc1C(/C=C/C(O)CC(O)CC(=O)[O-])=C/c1ccc(F)cc1. The Morgan fingerprint density at radius 2 is 2.04 bits per heavy atom. The van der Waals surface area contributed by atoms with Gasteiger partial charge in [0.15, 0.2) is 5.82 Å². The Hall–Kier alpha value is -2.91. The molecule has 2 aromatic rings. The molecule has 0 saturated heterocycles. The van der Waals surface area contributed by atoms with E-state index in [-0.39, 0.29) is 12.2 Å². The number of aliphatic hydroxyl groups excluding tert-OH is 2. The number of hydrogen-bond donors (Lipinski definition) is 2. The Morgan fingerprint density at radius 1 is 1.35 bits per heavy atom. The maximum atomic E-state index is 13.1. The summed E-state index contributed by atoms with van der Waals surface area (Å²) in [6, 6.07) is 5.78. The molecule has 0 saturated carbocycles. The third kappa shape index (κ3) is 5.87. The van der Waals surface area contributed by atoms with Crippen molar-refractivity contribution in [3.05, 3.63) is 53.6 Å². The molecule has 0 spiro atoms. The van der Waals surface area contributed by atoms with Crippen LogP contribution in [-0.2, 0) is 11.8 Å². The quantitative estimate of drug-likeness (QED) is 0.619. The van der Waals surface area contributed by atoms with E-state index in [1.165, 1.54) is 22.9 Å². The molecule has 9 heteroatoms. The van der Waals surface area contributed by atoms with Crippen LogP contribution in [0.25, 0.3) is 11.6 Å². The number of aliphatic hydroxyl groups is 2. The summed E-state index contributed by atoms with van der Waals surface area (Å²) in [6.07, 6.45) is 1.62. The Bertz CT molecular complexity index is 801. The minimum Gasteiger partial charge on any atom is -0.550 e. The van der Waals surface area contributed by atoms with E-state index in [4.69, 9.17) is 0 Å². The first kappa shape index (κ1) is 19.4. The summed E-state index contributed by atoms with van der Waals surface area (Å²) < 4.78 is 14.5. The predicted octanol–water partition coefficient (Wildman–Crippen LogP) is -0.302. The van der Waals surface area contributed by atoms with Crippen LogP contribution in [0.3, 0.4) is 0 Å². The second-order valence-electron chi connectivity index (χ2n) is 5.67. The van der Waals surface area contributed by atoms with Gasteiger partial charge in [-0.1, -0.05) is 24.3 Å². The van der Waals surface area contributed by atoms with E-state index in [1.807, 2.05) is 0 Å². The van der Waals surface area contributed by atoms with Crippen molar-refractivity contribution in [3.8, 4) is 0 Å². The van der Waals surface area contributed by atoms with Gasteiger partial charge in [0.1, 0.15) is 5.82 Å². The number of hydrogen-bond acceptors (Lipinski definition) is 7. The van der Waals surface area contributed by atoms with Crippen molar-refractivity contribution in [1.29, 1.82) is 0 Å². The first-order chi connectivity index (χ1) is 12.3. The average molecular weight is 361 g/mol. The fourth-order valence-electron chi connectivity index (χ4n) is 2.25. The molecule has 0 aliphatic carbocycles. The van der Waals surface area contributed by atoms with Crippen LogP contribution in [0.4, 0.5) is 4.39 Å². The zero-order chi connectivity index (χ0) is 19.1. The Kier molecular flexibility index (Phi) is 6.70. The highest BCUT2D eigenvalue weighted by Gasteiger charge is 2.12. The Balaban J connectivity index is 2.20. The number of halogens is 1. The van der Waals surface area contributed by atoms with Gasteiger partial charge in [0.25, 0.3) is 0 Å². The molecule has 2 rings (SSSR count). The van der Waals surface area contributed by atoms with Gasteiger partial charge in [0, 0.05) is 31.4 Å². The van der Waals surface area contributed by atoms with E-state index in [0.717, 1.165) is 0 Å². The molecule has 0 fully saturated rings. The average Bonchev–Trinajstić information content (AvgIpc) is 2.98. The van der Waals surface area contributed by atoms with Crippen LogP contribution < -0.4 is 5.11 Å². The van der Waals surface area contributed by atoms with Crippen molar-refractivity contribution in [1.82, 2.24) is 20.2 Å². The van der Waals surface area contributed by atoms with Gasteiger partial charge >= 0.3 is 0 Å². The molecule has 2 unspecified atom stereocenters. The van der Waals surface area contributed by atoms with Crippen molar-refractivity contribution in [2.24, 2.45) is 7.05 Å². The molecule has 0 bridgehead atoms. The second-order valence-corrected chi connectivity index (χ2v) is 5.67. The molecule has 0 aliphatic heterocycles. The van der Waals surface area contributed by atoms with Crippen LogP contribution in [0.5, 0.6) is 0 Å². The molecule has 1 aromatic carbocycles. The van der Waals surface area contributed by atoms with Gasteiger partial charge in [-0.2, -0.15) is 0 Å². The molecule has 0 amide bonds. The van der Waals surface area contributed by atoms with Gasteiger partial charge in [-0.15, -0.1) is 5.10 Å². The van der Waals surface area contributed by atoms with E-state index in [1.54, 1.807) is 31.3 Å². The zero-order valence-electron chi connectivity index (χ0n) is 14.0. The van der Waals surface area contributed by atoms with Gasteiger partial charge in [0.05, 0.1) is 12.2 Å². The minimum atomic E-state index is -1.39. The lowest BCUT2D eigenvalue weighted by molar-refractivity contribution is -0.307. The fraction of sp³-hybridized carbons (Fsp3) is 0.294. The molecule has 138 valence electrons. The summed E-state index contributed by atoms with van der Waals surface area (Å²) in [7, 11) is 1.64. The van der Waals surface area contributed by atoms with Crippen molar-refractivity contribution in [2.75, 3.05) is 0 Å². The third-order valence-electron chi connectivity index (χ3n) is 3.48. The van der Waals surface area contributed by atoms with Crippen LogP contribution >= 0.6 is 0 Å². The number of nitrogens with zero attached hydrogens (tertiary/aromatic N) is 4. The number of carboxylic acids is 1. The Morgan fingerprint density at radius 3 is 2.62 bits per heavy atom. The topological polar surface area (TPSA) is 124 Å². The number of tetrazole rings is 1. The predicted molar refractivity (Wildman–Crippen MR) is 88.5 cm³/mol. The standard InChI is InChI=1S/C17H19FN4O4/c1-22-17(19-20-21-22)12(8-11-2-5-13(18)6-3-11)4-7-14(23)9-15(24)10-16(25)26/h2-8,14-15,23-24H,9-10H2,1H3,(H,25,26)/p-1/b7-4+,12-8+. The molecular formula is C17H18FN4O4-. The smallest absolute Gasteiger partial charge is 0.181 e. The molecule has 0 radical (unpaired) electrons. The highest BCUT2D eigenvalue weighted by Crippen LogP contribution is 2.18.